The van der Waals surface area contributed by atoms with Crippen LogP contribution in [0.3, 0.4) is 0 Å². The molecule has 8 heteroatoms. The summed E-state index contributed by atoms with van der Waals surface area (Å²) in [6.07, 6.45) is 3.14. The topological polar surface area (TPSA) is 92.8 Å². The van der Waals surface area contributed by atoms with Crippen molar-refractivity contribution in [2.45, 2.75) is 56.7 Å². The lowest BCUT2D eigenvalue weighted by Gasteiger charge is -2.44. The number of nitrogens with zero attached hydrogens (tertiary/aromatic N) is 1. The van der Waals surface area contributed by atoms with E-state index in [-0.39, 0.29) is 18.1 Å². The summed E-state index contributed by atoms with van der Waals surface area (Å²) in [6.45, 7) is 2.25. The number of carboxylic acid groups (broad SMARTS) is 1. The molecule has 2 aliphatic rings. The molecule has 2 aliphatic carbocycles. The van der Waals surface area contributed by atoms with E-state index in [0.717, 1.165) is 40.9 Å². The van der Waals surface area contributed by atoms with Gasteiger partial charge in [0.25, 0.3) is 0 Å². The van der Waals surface area contributed by atoms with Crippen LogP contribution in [0.2, 0.25) is 10.0 Å². The Kier molecular flexibility index (Phi) is 6.66. The highest BCUT2D eigenvalue weighted by Crippen LogP contribution is 2.53. The number of aryl methyl sites for hydroxylation is 1. The highest BCUT2D eigenvalue weighted by Gasteiger charge is 2.45. The van der Waals surface area contributed by atoms with Crippen LogP contribution in [0.15, 0.2) is 65.2 Å². The van der Waals surface area contributed by atoms with E-state index in [0.29, 0.717) is 45.8 Å². The van der Waals surface area contributed by atoms with Gasteiger partial charge in [-0.05, 0) is 80.0 Å². The first-order valence-electron chi connectivity index (χ1n) is 13.0. The molecule has 1 heterocycles. The Morgan fingerprint density at radius 1 is 1.05 bits per heavy atom. The second-order valence-electron chi connectivity index (χ2n) is 10.6. The minimum absolute atomic E-state index is 0.131. The molecule has 3 aromatic carbocycles. The molecule has 200 valence electrons. The molecule has 0 atom stereocenters. The van der Waals surface area contributed by atoms with Gasteiger partial charge in [0.15, 0.2) is 0 Å². The molecule has 0 bridgehead atoms. The lowest BCUT2D eigenvalue weighted by Crippen LogP contribution is -2.40. The monoisotopic (exact) mass is 563 g/mol. The zero-order valence-corrected chi connectivity index (χ0v) is 22.8. The van der Waals surface area contributed by atoms with Crippen LogP contribution in [0, 0.1) is 6.92 Å². The van der Waals surface area contributed by atoms with E-state index in [9.17, 15) is 9.90 Å². The molecule has 0 radical (unpaired) electrons. The molecule has 39 heavy (non-hydrogen) atoms. The molecule has 0 amide bonds. The third kappa shape index (κ3) is 4.93. The maximum atomic E-state index is 11.3. The maximum Gasteiger partial charge on any atom is 0.335 e. The predicted molar refractivity (Wildman–Crippen MR) is 149 cm³/mol. The van der Waals surface area contributed by atoms with Crippen LogP contribution in [0.1, 0.15) is 75.9 Å². The first-order valence-corrected chi connectivity index (χ1v) is 13.7. The standard InChI is InChI=1S/C31H27Cl2NO5/c1-17-3-2-4-25(32)27(17)28-23(29(39-34-28)19-7-8-19)16-38-22-11-12-24(26(33)13-22)31(37)14-21(15-31)18-5-9-20(10-6-18)30(35)36/h2-6,9-13,19,21,37H,7-8,14-16H2,1H3,(H,35,36)/t21-,31-. The van der Waals surface area contributed by atoms with Crippen LogP contribution in [0.4, 0.5) is 0 Å². The van der Waals surface area contributed by atoms with Gasteiger partial charge < -0.3 is 19.5 Å². The molecular formula is C31H27Cl2NO5. The fraction of sp³-hybridized carbons (Fsp3) is 0.290. The number of aromatic nitrogens is 1. The minimum atomic E-state index is -1.05. The number of hydrogen-bond donors (Lipinski definition) is 2. The molecule has 0 spiro atoms. The van der Waals surface area contributed by atoms with Crippen molar-refractivity contribution in [1.29, 1.82) is 0 Å². The number of halogens is 2. The van der Waals surface area contributed by atoms with Crippen LogP contribution < -0.4 is 4.74 Å². The Morgan fingerprint density at radius 2 is 1.79 bits per heavy atom. The number of hydrogen-bond acceptors (Lipinski definition) is 5. The third-order valence-corrected chi connectivity index (χ3v) is 8.48. The smallest absolute Gasteiger partial charge is 0.335 e. The molecular weight excluding hydrogens is 537 g/mol. The summed E-state index contributed by atoms with van der Waals surface area (Å²) in [5, 5.41) is 25.8. The Balaban J connectivity index is 1.18. The second kappa shape index (κ2) is 10.0. The summed E-state index contributed by atoms with van der Waals surface area (Å²) in [5.74, 6) is 0.949. The van der Waals surface area contributed by atoms with Crippen LogP contribution in [-0.4, -0.2) is 21.3 Å². The highest BCUT2D eigenvalue weighted by molar-refractivity contribution is 6.33. The molecule has 6 rings (SSSR count). The van der Waals surface area contributed by atoms with E-state index in [4.69, 9.17) is 37.6 Å². The largest absolute Gasteiger partial charge is 0.489 e. The van der Waals surface area contributed by atoms with Crippen LogP contribution >= 0.6 is 23.2 Å². The van der Waals surface area contributed by atoms with E-state index in [1.165, 1.54) is 0 Å². The number of benzene rings is 3. The lowest BCUT2D eigenvalue weighted by atomic mass is 9.65. The zero-order chi connectivity index (χ0) is 27.3. The number of rotatable bonds is 8. The van der Waals surface area contributed by atoms with Gasteiger partial charge in [0.05, 0.1) is 26.8 Å². The summed E-state index contributed by atoms with van der Waals surface area (Å²) in [6, 6.07) is 17.9. The van der Waals surface area contributed by atoms with Crippen molar-refractivity contribution in [3.8, 4) is 17.0 Å². The summed E-state index contributed by atoms with van der Waals surface area (Å²) in [7, 11) is 0. The first-order chi connectivity index (χ1) is 18.7. The average Bonchev–Trinajstić information content (AvgIpc) is 3.66. The van der Waals surface area contributed by atoms with E-state index >= 15 is 0 Å². The third-order valence-electron chi connectivity index (χ3n) is 7.85. The summed E-state index contributed by atoms with van der Waals surface area (Å²) in [4.78, 5) is 11.1. The fourth-order valence-corrected chi connectivity index (χ4v) is 6.14. The Morgan fingerprint density at radius 3 is 2.44 bits per heavy atom. The molecule has 4 aromatic rings. The summed E-state index contributed by atoms with van der Waals surface area (Å²) < 4.78 is 11.9. The number of aromatic carboxylic acids is 1. The fourth-order valence-electron chi connectivity index (χ4n) is 5.48. The number of aliphatic hydroxyl groups is 1. The highest BCUT2D eigenvalue weighted by atomic mass is 35.5. The number of carbonyl (C=O) groups is 1. The Bertz CT molecular complexity index is 1530. The lowest BCUT2D eigenvalue weighted by molar-refractivity contribution is -0.0549. The van der Waals surface area contributed by atoms with Crippen LogP contribution in [-0.2, 0) is 12.2 Å². The van der Waals surface area contributed by atoms with Gasteiger partial charge in [-0.2, -0.15) is 0 Å². The molecule has 0 saturated heterocycles. The van der Waals surface area contributed by atoms with Gasteiger partial charge in [0.2, 0.25) is 0 Å². The van der Waals surface area contributed by atoms with Gasteiger partial charge in [-0.25, -0.2) is 4.79 Å². The Hall–Kier alpha value is -3.32. The van der Waals surface area contributed by atoms with E-state index in [1.54, 1.807) is 18.2 Å². The van der Waals surface area contributed by atoms with E-state index in [2.05, 4.69) is 5.16 Å². The van der Waals surface area contributed by atoms with Crippen LogP contribution in [0.5, 0.6) is 5.75 Å². The molecule has 2 fully saturated rings. The van der Waals surface area contributed by atoms with Gasteiger partial charge >= 0.3 is 5.97 Å². The molecule has 2 saturated carbocycles. The van der Waals surface area contributed by atoms with Crippen molar-refractivity contribution in [3.63, 3.8) is 0 Å². The van der Waals surface area contributed by atoms with Gasteiger partial charge in [0.1, 0.15) is 23.8 Å². The van der Waals surface area contributed by atoms with Crippen molar-refractivity contribution in [1.82, 2.24) is 5.16 Å². The maximum absolute atomic E-state index is 11.3. The molecule has 2 N–H and O–H groups in total. The van der Waals surface area contributed by atoms with Gasteiger partial charge in [-0.3, -0.25) is 0 Å². The minimum Gasteiger partial charge on any atom is -0.489 e. The van der Waals surface area contributed by atoms with Crippen molar-refractivity contribution in [3.05, 3.63) is 104 Å². The SMILES string of the molecule is Cc1cccc(Cl)c1-c1noc(C2CC2)c1COc1ccc([C@]2(O)C[C@H](c3ccc(C(=O)O)cc3)C2)c(Cl)c1. The average molecular weight is 564 g/mol. The van der Waals surface area contributed by atoms with Crippen molar-refractivity contribution in [2.24, 2.45) is 0 Å². The van der Waals surface area contributed by atoms with Crippen molar-refractivity contribution in [2.75, 3.05) is 0 Å². The molecule has 0 aliphatic heterocycles. The van der Waals surface area contributed by atoms with Gasteiger partial charge in [-0.1, -0.05) is 58.7 Å². The number of ether oxygens (including phenoxy) is 1. The summed E-state index contributed by atoms with van der Waals surface area (Å²) in [5.41, 5.74) is 4.32. The molecule has 6 nitrogen and oxygen atoms in total. The molecule has 1 aromatic heterocycles. The van der Waals surface area contributed by atoms with Crippen molar-refractivity contribution < 1.29 is 24.3 Å². The van der Waals surface area contributed by atoms with E-state index in [1.807, 2.05) is 49.4 Å². The number of carboxylic acids is 1. The normalized spacial score (nSPS) is 20.5. The van der Waals surface area contributed by atoms with E-state index < -0.39 is 11.6 Å². The molecule has 0 unspecified atom stereocenters. The van der Waals surface area contributed by atoms with Gasteiger partial charge in [-0.15, -0.1) is 0 Å². The van der Waals surface area contributed by atoms with Gasteiger partial charge in [0, 0.05) is 17.0 Å². The second-order valence-corrected chi connectivity index (χ2v) is 11.4. The zero-order valence-electron chi connectivity index (χ0n) is 21.3. The summed E-state index contributed by atoms with van der Waals surface area (Å²) >= 11 is 13.2. The predicted octanol–water partition coefficient (Wildman–Crippen LogP) is 7.88. The van der Waals surface area contributed by atoms with Crippen LogP contribution in [0.25, 0.3) is 11.3 Å². The van der Waals surface area contributed by atoms with Crippen molar-refractivity contribution >= 4 is 29.2 Å². The Labute approximate surface area is 236 Å². The quantitative estimate of drug-likeness (QED) is 0.226. The first kappa shape index (κ1) is 25.9.